The van der Waals surface area contributed by atoms with E-state index in [0.717, 1.165) is 16.8 Å². The van der Waals surface area contributed by atoms with Crippen molar-refractivity contribution in [1.82, 2.24) is 5.32 Å². The summed E-state index contributed by atoms with van der Waals surface area (Å²) in [7, 11) is 2.82. The minimum Gasteiger partial charge on any atom is -0.493 e. The van der Waals surface area contributed by atoms with Gasteiger partial charge in [-0.1, -0.05) is 24.3 Å². The van der Waals surface area contributed by atoms with Crippen molar-refractivity contribution in [1.29, 1.82) is 0 Å². The number of benzene rings is 2. The second-order valence-corrected chi connectivity index (χ2v) is 8.26. The van der Waals surface area contributed by atoms with Gasteiger partial charge in [0.15, 0.2) is 16.7 Å². The molecule has 9 heteroatoms. The van der Waals surface area contributed by atoms with E-state index in [4.69, 9.17) is 13.9 Å². The first-order chi connectivity index (χ1) is 16.5. The van der Waals surface area contributed by atoms with Gasteiger partial charge in [-0.3, -0.25) is 4.79 Å². The number of carbonyl (C=O) groups excluding carboxylic acids is 2. The van der Waals surface area contributed by atoms with Gasteiger partial charge in [0.05, 0.1) is 24.8 Å². The number of furan rings is 1. The van der Waals surface area contributed by atoms with Gasteiger partial charge in [0.2, 0.25) is 5.76 Å². The average molecular weight is 479 g/mol. The van der Waals surface area contributed by atoms with Crippen molar-refractivity contribution in [3.63, 3.8) is 0 Å². The number of nitrogens with zero attached hydrogens (tertiary/aromatic N) is 1. The summed E-state index contributed by atoms with van der Waals surface area (Å²) in [5.74, 6) is 0.788. The molecule has 0 bridgehead atoms. The number of hydrogen-bond acceptors (Lipinski definition) is 8. The van der Waals surface area contributed by atoms with E-state index < -0.39 is 5.97 Å². The van der Waals surface area contributed by atoms with Gasteiger partial charge in [0.25, 0.3) is 5.91 Å². The van der Waals surface area contributed by atoms with Crippen LogP contribution in [-0.2, 0) is 16.1 Å². The zero-order valence-corrected chi connectivity index (χ0v) is 19.6. The van der Waals surface area contributed by atoms with E-state index in [9.17, 15) is 9.59 Å². The molecule has 1 aromatic heterocycles. The van der Waals surface area contributed by atoms with Gasteiger partial charge >= 0.3 is 5.97 Å². The van der Waals surface area contributed by atoms with E-state index >= 15 is 0 Å². The SMILES string of the molecule is COC(=O)c1ccc(COc2ccc(/C=C3/SC(=Nc4ccccc4C)NC3=O)cc2OC)o1. The van der Waals surface area contributed by atoms with Crippen LogP contribution in [0, 0.1) is 6.92 Å². The third-order valence-electron chi connectivity index (χ3n) is 4.89. The number of aryl methyl sites for hydroxylation is 1. The number of para-hydroxylation sites is 1. The molecule has 8 nitrogen and oxygen atoms in total. The van der Waals surface area contributed by atoms with Crippen LogP contribution in [0.25, 0.3) is 6.08 Å². The van der Waals surface area contributed by atoms with Crippen LogP contribution >= 0.6 is 11.8 Å². The number of amides is 1. The highest BCUT2D eigenvalue weighted by molar-refractivity contribution is 8.18. The zero-order chi connectivity index (χ0) is 24.1. The maximum Gasteiger partial charge on any atom is 0.373 e. The molecule has 2 aromatic carbocycles. The Balaban J connectivity index is 1.47. The summed E-state index contributed by atoms with van der Waals surface area (Å²) in [5.41, 5.74) is 2.61. The van der Waals surface area contributed by atoms with Gasteiger partial charge in [-0.05, 0) is 66.2 Å². The summed E-state index contributed by atoms with van der Waals surface area (Å²) in [4.78, 5) is 29.0. The van der Waals surface area contributed by atoms with Gasteiger partial charge in [-0.25, -0.2) is 9.79 Å². The predicted octanol–water partition coefficient (Wildman–Crippen LogP) is 4.85. The van der Waals surface area contributed by atoms with Gasteiger partial charge in [-0.15, -0.1) is 0 Å². The fourth-order valence-electron chi connectivity index (χ4n) is 3.14. The summed E-state index contributed by atoms with van der Waals surface area (Å²) < 4.78 is 21.3. The summed E-state index contributed by atoms with van der Waals surface area (Å²) in [5, 5.41) is 3.33. The summed E-state index contributed by atoms with van der Waals surface area (Å²) in [6.45, 7) is 2.07. The van der Waals surface area contributed by atoms with Crippen LogP contribution in [0.5, 0.6) is 11.5 Å². The van der Waals surface area contributed by atoms with Crippen LogP contribution in [0.1, 0.15) is 27.4 Å². The molecular weight excluding hydrogens is 456 g/mol. The Morgan fingerprint density at radius 1 is 1.12 bits per heavy atom. The zero-order valence-electron chi connectivity index (χ0n) is 18.8. The van der Waals surface area contributed by atoms with Crippen LogP contribution < -0.4 is 14.8 Å². The Labute approximate surface area is 200 Å². The summed E-state index contributed by atoms with van der Waals surface area (Å²) in [6.07, 6.45) is 1.77. The average Bonchev–Trinajstić information content (AvgIpc) is 3.45. The Hall–Kier alpha value is -3.98. The molecule has 0 radical (unpaired) electrons. The third kappa shape index (κ3) is 5.32. The van der Waals surface area contributed by atoms with Crippen molar-refractivity contribution < 1.29 is 28.2 Å². The van der Waals surface area contributed by atoms with E-state index in [0.29, 0.717) is 27.3 Å². The smallest absolute Gasteiger partial charge is 0.373 e. The second kappa shape index (κ2) is 10.3. The van der Waals surface area contributed by atoms with Crippen molar-refractivity contribution in [3.8, 4) is 11.5 Å². The number of hydrogen-bond donors (Lipinski definition) is 1. The Morgan fingerprint density at radius 3 is 2.71 bits per heavy atom. The maximum absolute atomic E-state index is 12.4. The Kier molecular flexibility index (Phi) is 7.03. The normalized spacial score (nSPS) is 15.4. The topological polar surface area (TPSA) is 99.4 Å². The van der Waals surface area contributed by atoms with E-state index in [1.807, 2.05) is 37.3 Å². The Bertz CT molecular complexity index is 1290. The summed E-state index contributed by atoms with van der Waals surface area (Å²) >= 11 is 1.28. The highest BCUT2D eigenvalue weighted by Gasteiger charge is 2.24. The number of carbonyl (C=O) groups is 2. The molecular formula is C25H22N2O6S. The molecule has 1 saturated heterocycles. The van der Waals surface area contributed by atoms with Crippen molar-refractivity contribution in [2.45, 2.75) is 13.5 Å². The van der Waals surface area contributed by atoms with E-state index in [1.54, 1.807) is 24.3 Å². The highest BCUT2D eigenvalue weighted by atomic mass is 32.2. The van der Waals surface area contributed by atoms with Gasteiger partial charge < -0.3 is 23.9 Å². The molecule has 174 valence electrons. The lowest BCUT2D eigenvalue weighted by Gasteiger charge is -2.10. The molecule has 0 unspecified atom stereocenters. The van der Waals surface area contributed by atoms with Crippen molar-refractivity contribution >= 4 is 40.6 Å². The van der Waals surface area contributed by atoms with Crippen LogP contribution in [0.2, 0.25) is 0 Å². The minimum absolute atomic E-state index is 0.102. The van der Waals surface area contributed by atoms with Crippen molar-refractivity contribution in [2.24, 2.45) is 4.99 Å². The van der Waals surface area contributed by atoms with Crippen molar-refractivity contribution in [2.75, 3.05) is 14.2 Å². The molecule has 1 aliphatic rings. The molecule has 1 N–H and O–H groups in total. The fraction of sp³-hybridized carbons (Fsp3) is 0.160. The van der Waals surface area contributed by atoms with Gasteiger partial charge in [0.1, 0.15) is 12.4 Å². The molecule has 0 atom stereocenters. The lowest BCUT2D eigenvalue weighted by molar-refractivity contribution is -0.115. The lowest BCUT2D eigenvalue weighted by atomic mass is 10.2. The fourth-order valence-corrected chi connectivity index (χ4v) is 3.97. The minimum atomic E-state index is -0.554. The van der Waals surface area contributed by atoms with E-state index in [1.165, 1.54) is 32.0 Å². The first-order valence-corrected chi connectivity index (χ1v) is 11.1. The first kappa shape index (κ1) is 23.2. The van der Waals surface area contributed by atoms with Crippen molar-refractivity contribution in [3.05, 3.63) is 82.1 Å². The molecule has 3 aromatic rings. The number of methoxy groups -OCH3 is 2. The number of amidine groups is 1. The van der Waals surface area contributed by atoms with E-state index in [-0.39, 0.29) is 18.3 Å². The van der Waals surface area contributed by atoms with Crippen LogP contribution in [0.4, 0.5) is 5.69 Å². The third-order valence-corrected chi connectivity index (χ3v) is 5.80. The number of esters is 1. The van der Waals surface area contributed by atoms with Crippen LogP contribution in [0.3, 0.4) is 0 Å². The molecule has 0 spiro atoms. The molecule has 1 amide bonds. The molecule has 0 saturated carbocycles. The first-order valence-electron chi connectivity index (χ1n) is 10.3. The molecule has 1 fully saturated rings. The monoisotopic (exact) mass is 478 g/mol. The van der Waals surface area contributed by atoms with Crippen LogP contribution in [0.15, 0.2) is 68.9 Å². The quantitative estimate of drug-likeness (QED) is 0.383. The molecule has 34 heavy (non-hydrogen) atoms. The number of thioether (sulfide) groups is 1. The van der Waals surface area contributed by atoms with E-state index in [2.05, 4.69) is 15.0 Å². The number of rotatable bonds is 7. The number of aliphatic imine (C=N–C) groups is 1. The maximum atomic E-state index is 12.4. The number of nitrogens with one attached hydrogen (secondary N) is 1. The lowest BCUT2D eigenvalue weighted by Crippen LogP contribution is -2.19. The Morgan fingerprint density at radius 2 is 1.94 bits per heavy atom. The standard InChI is InChI=1S/C25H22N2O6S/c1-15-6-4-5-7-18(15)26-25-27-23(28)22(34-25)13-16-8-10-19(21(12-16)30-2)32-14-17-9-11-20(33-17)24(29)31-3/h4-13H,14H2,1-3H3,(H,26,27,28)/b22-13+. The second-order valence-electron chi connectivity index (χ2n) is 7.22. The molecule has 0 aliphatic carbocycles. The molecule has 2 heterocycles. The molecule has 4 rings (SSSR count). The highest BCUT2D eigenvalue weighted by Crippen LogP contribution is 2.33. The van der Waals surface area contributed by atoms with Gasteiger partial charge in [0, 0.05) is 0 Å². The predicted molar refractivity (Wildman–Crippen MR) is 129 cm³/mol. The summed E-state index contributed by atoms with van der Waals surface area (Å²) in [6, 6.07) is 16.2. The van der Waals surface area contributed by atoms with Crippen LogP contribution in [-0.4, -0.2) is 31.3 Å². The molecule has 1 aliphatic heterocycles. The number of ether oxygens (including phenoxy) is 3. The largest absolute Gasteiger partial charge is 0.493 e. The van der Waals surface area contributed by atoms with Gasteiger partial charge in [-0.2, -0.15) is 0 Å².